The molecule has 0 spiro atoms. The van der Waals surface area contributed by atoms with Crippen LogP contribution in [0.2, 0.25) is 0 Å². The summed E-state index contributed by atoms with van der Waals surface area (Å²) >= 11 is 0. The molecule has 47 heavy (non-hydrogen) atoms. The molecule has 2 unspecified atom stereocenters. The number of aliphatic hydroxyl groups is 2. The molecule has 276 valence electrons. The quantitative estimate of drug-likeness (QED) is 0.0404. The molecule has 0 aliphatic carbocycles. The van der Waals surface area contributed by atoms with E-state index in [1.54, 1.807) is 0 Å². The lowest BCUT2D eigenvalue weighted by Crippen LogP contribution is -2.28. The maximum Gasteiger partial charge on any atom is 0.305 e. The normalized spacial score (nSPS) is 13.4. The molecule has 2 atom stereocenters. The largest absolute Gasteiger partial charge is 0.465 e. The molecule has 0 radical (unpaired) electrons. The van der Waals surface area contributed by atoms with E-state index in [1.807, 2.05) is 13.8 Å². The first-order valence-electron chi connectivity index (χ1n) is 19.7. The Kier molecular flexibility index (Phi) is 31.7. The Morgan fingerprint density at radius 2 is 0.894 bits per heavy atom. The molecule has 0 saturated carbocycles. The molecule has 0 heterocycles. The highest BCUT2D eigenvalue weighted by atomic mass is 16.5. The van der Waals surface area contributed by atoms with Crippen molar-refractivity contribution in [2.45, 2.75) is 207 Å². The molecule has 0 bridgehead atoms. The molecule has 0 amide bonds. The summed E-state index contributed by atoms with van der Waals surface area (Å²) in [6.07, 6.45) is 34.8. The minimum absolute atomic E-state index is 0.175. The SMILES string of the molecule is CCCCCCC(O)CC=CCCCCCCCC(=O)OCC(C)(C)COC(=O)CCCCCCCC=CCC(O)CCCCCC. The number of hydrogen-bond acceptors (Lipinski definition) is 6. The first-order chi connectivity index (χ1) is 22.7. The van der Waals surface area contributed by atoms with Crippen LogP contribution in [-0.2, 0) is 19.1 Å². The van der Waals surface area contributed by atoms with Crippen LogP contribution in [0.15, 0.2) is 24.3 Å². The van der Waals surface area contributed by atoms with E-state index in [2.05, 4.69) is 38.2 Å². The Morgan fingerprint density at radius 3 is 1.30 bits per heavy atom. The molecule has 2 N–H and O–H groups in total. The van der Waals surface area contributed by atoms with Crippen molar-refractivity contribution in [2.24, 2.45) is 5.41 Å². The predicted octanol–water partition coefficient (Wildman–Crippen LogP) is 11.1. The van der Waals surface area contributed by atoms with Crippen molar-refractivity contribution in [3.05, 3.63) is 24.3 Å². The molecule has 0 rings (SSSR count). The van der Waals surface area contributed by atoms with E-state index in [9.17, 15) is 19.8 Å². The molecule has 0 aromatic carbocycles. The fourth-order valence-corrected chi connectivity index (χ4v) is 5.45. The Labute approximate surface area is 290 Å². The molecular formula is C41H76O6. The van der Waals surface area contributed by atoms with E-state index in [0.29, 0.717) is 12.8 Å². The van der Waals surface area contributed by atoms with E-state index in [0.717, 1.165) is 116 Å². The number of ether oxygens (including phenoxy) is 2. The van der Waals surface area contributed by atoms with Crippen LogP contribution >= 0.6 is 0 Å². The van der Waals surface area contributed by atoms with Gasteiger partial charge in [-0.2, -0.15) is 0 Å². The second-order valence-electron chi connectivity index (χ2n) is 14.5. The number of carbonyl (C=O) groups is 2. The van der Waals surface area contributed by atoms with Crippen LogP contribution < -0.4 is 0 Å². The van der Waals surface area contributed by atoms with Crippen LogP contribution in [0.5, 0.6) is 0 Å². The average molecular weight is 665 g/mol. The summed E-state index contributed by atoms with van der Waals surface area (Å²) in [7, 11) is 0. The summed E-state index contributed by atoms with van der Waals surface area (Å²) in [6, 6.07) is 0. The lowest BCUT2D eigenvalue weighted by atomic mass is 9.96. The van der Waals surface area contributed by atoms with E-state index in [4.69, 9.17) is 9.47 Å². The monoisotopic (exact) mass is 665 g/mol. The van der Waals surface area contributed by atoms with Crippen LogP contribution in [0.25, 0.3) is 0 Å². The van der Waals surface area contributed by atoms with Gasteiger partial charge in [-0.1, -0.05) is 142 Å². The Hall–Kier alpha value is -1.66. The molecule has 0 aromatic rings. The summed E-state index contributed by atoms with van der Waals surface area (Å²) in [5.74, 6) is -0.349. The van der Waals surface area contributed by atoms with E-state index >= 15 is 0 Å². The zero-order valence-corrected chi connectivity index (χ0v) is 31.3. The summed E-state index contributed by atoms with van der Waals surface area (Å²) in [5.41, 5.74) is -0.400. The van der Waals surface area contributed by atoms with Gasteiger partial charge in [0.1, 0.15) is 0 Å². The van der Waals surface area contributed by atoms with Crippen molar-refractivity contribution in [2.75, 3.05) is 13.2 Å². The number of allylic oxidation sites excluding steroid dienone is 2. The second kappa shape index (κ2) is 32.9. The molecule has 0 aliphatic rings. The van der Waals surface area contributed by atoms with Gasteiger partial charge in [-0.15, -0.1) is 0 Å². The van der Waals surface area contributed by atoms with Gasteiger partial charge in [0, 0.05) is 18.3 Å². The third-order valence-electron chi connectivity index (χ3n) is 8.68. The molecule has 0 aromatic heterocycles. The second-order valence-corrected chi connectivity index (χ2v) is 14.5. The highest BCUT2D eigenvalue weighted by Crippen LogP contribution is 2.18. The van der Waals surface area contributed by atoms with Crippen LogP contribution in [0.4, 0.5) is 0 Å². The van der Waals surface area contributed by atoms with Crippen molar-refractivity contribution in [1.29, 1.82) is 0 Å². The van der Waals surface area contributed by atoms with E-state index in [1.165, 1.54) is 38.5 Å². The number of carbonyl (C=O) groups excluding carboxylic acids is 2. The lowest BCUT2D eigenvalue weighted by molar-refractivity contribution is -0.152. The van der Waals surface area contributed by atoms with Crippen molar-refractivity contribution in [3.8, 4) is 0 Å². The van der Waals surface area contributed by atoms with Crippen molar-refractivity contribution < 1.29 is 29.3 Å². The number of hydrogen-bond donors (Lipinski definition) is 2. The Bertz CT molecular complexity index is 712. The average Bonchev–Trinajstić information content (AvgIpc) is 3.05. The standard InChI is InChI=1S/C41H76O6/c1-5-7-9-23-29-37(42)31-25-19-15-11-13-17-21-27-33-39(44)46-35-41(3,4)36-47-40(45)34-28-22-18-14-12-16-20-26-32-38(43)30-24-10-8-6-2/h19-20,25-26,37-38,42-43H,5-18,21-24,27-36H2,1-4H3. The molecule has 6 heteroatoms. The van der Waals surface area contributed by atoms with Gasteiger partial charge in [-0.3, -0.25) is 9.59 Å². The van der Waals surface area contributed by atoms with Gasteiger partial charge in [-0.05, 0) is 64.2 Å². The Morgan fingerprint density at radius 1 is 0.532 bits per heavy atom. The van der Waals surface area contributed by atoms with E-state index in [-0.39, 0.29) is 37.4 Å². The van der Waals surface area contributed by atoms with Crippen molar-refractivity contribution in [3.63, 3.8) is 0 Å². The number of esters is 2. The zero-order valence-electron chi connectivity index (χ0n) is 31.3. The van der Waals surface area contributed by atoms with Gasteiger partial charge >= 0.3 is 11.9 Å². The van der Waals surface area contributed by atoms with Gasteiger partial charge in [0.15, 0.2) is 0 Å². The van der Waals surface area contributed by atoms with E-state index < -0.39 is 5.41 Å². The van der Waals surface area contributed by atoms with Crippen LogP contribution in [-0.4, -0.2) is 47.6 Å². The molecule has 0 fully saturated rings. The third kappa shape index (κ3) is 34.0. The third-order valence-corrected chi connectivity index (χ3v) is 8.68. The number of aliphatic hydroxyl groups excluding tert-OH is 2. The topological polar surface area (TPSA) is 93.1 Å². The van der Waals surface area contributed by atoms with Gasteiger partial charge < -0.3 is 19.7 Å². The maximum atomic E-state index is 12.2. The molecule has 6 nitrogen and oxygen atoms in total. The fraction of sp³-hybridized carbons (Fsp3) is 0.854. The maximum absolute atomic E-state index is 12.2. The van der Waals surface area contributed by atoms with Crippen LogP contribution in [0.1, 0.15) is 195 Å². The predicted molar refractivity (Wildman–Crippen MR) is 197 cm³/mol. The molecular weight excluding hydrogens is 588 g/mol. The van der Waals surface area contributed by atoms with Crippen LogP contribution in [0, 0.1) is 5.41 Å². The lowest BCUT2D eigenvalue weighted by Gasteiger charge is -2.23. The zero-order chi connectivity index (χ0) is 34.9. The summed E-state index contributed by atoms with van der Waals surface area (Å²) in [5, 5.41) is 20.0. The summed E-state index contributed by atoms with van der Waals surface area (Å²) < 4.78 is 11.0. The number of rotatable bonds is 34. The summed E-state index contributed by atoms with van der Waals surface area (Å²) in [4.78, 5) is 24.4. The van der Waals surface area contributed by atoms with Gasteiger partial charge in [0.25, 0.3) is 0 Å². The fourth-order valence-electron chi connectivity index (χ4n) is 5.45. The first-order valence-corrected chi connectivity index (χ1v) is 19.7. The van der Waals surface area contributed by atoms with Crippen LogP contribution in [0.3, 0.4) is 0 Å². The highest BCUT2D eigenvalue weighted by molar-refractivity contribution is 5.69. The van der Waals surface area contributed by atoms with Crippen molar-refractivity contribution >= 4 is 11.9 Å². The first kappa shape index (κ1) is 45.3. The number of unbranched alkanes of at least 4 members (excludes halogenated alkanes) is 16. The smallest absolute Gasteiger partial charge is 0.305 e. The minimum Gasteiger partial charge on any atom is -0.465 e. The Balaban J connectivity index is 3.67. The van der Waals surface area contributed by atoms with Gasteiger partial charge in [0.2, 0.25) is 0 Å². The van der Waals surface area contributed by atoms with Gasteiger partial charge in [0.05, 0.1) is 25.4 Å². The summed E-state index contributed by atoms with van der Waals surface area (Å²) in [6.45, 7) is 8.83. The highest BCUT2D eigenvalue weighted by Gasteiger charge is 2.22. The minimum atomic E-state index is -0.400. The van der Waals surface area contributed by atoms with Crippen molar-refractivity contribution in [1.82, 2.24) is 0 Å². The van der Waals surface area contributed by atoms with Gasteiger partial charge in [-0.25, -0.2) is 0 Å². The molecule has 0 saturated heterocycles. The molecule has 0 aliphatic heterocycles.